The number of carbonyl (C=O) groups is 6. The predicted octanol–water partition coefficient (Wildman–Crippen LogP) is 4.26. The second-order valence-electron chi connectivity index (χ2n) is 17.0. The summed E-state index contributed by atoms with van der Waals surface area (Å²) in [7, 11) is 0. The van der Waals surface area contributed by atoms with Gasteiger partial charge in [0.25, 0.3) is 17.7 Å². The van der Waals surface area contributed by atoms with Gasteiger partial charge in [-0.05, 0) is 107 Å². The zero-order valence-electron chi connectivity index (χ0n) is 32.9. The van der Waals surface area contributed by atoms with Gasteiger partial charge in [0.05, 0.1) is 46.2 Å². The van der Waals surface area contributed by atoms with Gasteiger partial charge in [-0.25, -0.2) is 4.39 Å². The number of imide groups is 2. The fraction of sp³-hybridized carbons (Fsp3) is 0.405. The van der Waals surface area contributed by atoms with Crippen LogP contribution in [0.4, 0.5) is 23.2 Å². The molecule has 6 aliphatic heterocycles. The van der Waals surface area contributed by atoms with E-state index < -0.39 is 80.4 Å². The first-order valence-electron chi connectivity index (χ1n) is 19.8. The number of anilines is 1. The van der Waals surface area contributed by atoms with E-state index in [1.807, 2.05) is 0 Å². The molecule has 2 atom stereocenters. The van der Waals surface area contributed by atoms with Gasteiger partial charge in [0, 0.05) is 35.9 Å². The lowest BCUT2D eigenvalue weighted by Crippen LogP contribution is -2.63. The normalized spacial score (nSPS) is 24.3. The number of piperidine rings is 2. The van der Waals surface area contributed by atoms with E-state index in [0.29, 0.717) is 31.9 Å². The summed E-state index contributed by atoms with van der Waals surface area (Å²) in [6.45, 7) is 5.78. The molecule has 5 amide bonds. The van der Waals surface area contributed by atoms with Crippen LogP contribution in [0.2, 0.25) is 0 Å². The average molecular weight is 862 g/mol. The fourth-order valence-corrected chi connectivity index (χ4v) is 11.4. The molecular weight excluding hydrogens is 823 g/mol. The highest BCUT2D eigenvalue weighted by Gasteiger charge is 2.49. The maximum Gasteiger partial charge on any atom is 0.417 e. The van der Waals surface area contributed by atoms with Crippen LogP contribution >= 0.6 is 11.1 Å². The van der Waals surface area contributed by atoms with E-state index in [2.05, 4.69) is 15.0 Å². The van der Waals surface area contributed by atoms with Gasteiger partial charge in [-0.3, -0.25) is 48.9 Å². The minimum atomic E-state index is -4.81. The summed E-state index contributed by atoms with van der Waals surface area (Å²) < 4.78 is 63.0. The van der Waals surface area contributed by atoms with Crippen molar-refractivity contribution < 1.29 is 51.1 Å². The molecule has 0 aliphatic carbocycles. The number of fused-ring (bicyclic) bond motifs is 2. The van der Waals surface area contributed by atoms with Crippen LogP contribution in [0.25, 0.3) is 0 Å². The van der Waals surface area contributed by atoms with Gasteiger partial charge in [-0.2, -0.15) is 23.3 Å². The van der Waals surface area contributed by atoms with Gasteiger partial charge >= 0.3 is 6.18 Å². The van der Waals surface area contributed by atoms with Crippen LogP contribution in [0.5, 0.6) is 5.75 Å². The van der Waals surface area contributed by atoms with Gasteiger partial charge in [0.2, 0.25) is 16.9 Å². The van der Waals surface area contributed by atoms with E-state index in [1.165, 1.54) is 29.3 Å². The Morgan fingerprint density at radius 2 is 1.67 bits per heavy atom. The molecule has 19 heteroatoms. The number of hydrogen-bond acceptors (Lipinski definition) is 11. The number of hydrogen-bond donors (Lipinski definition) is 3. The number of nitrogens with zero attached hydrogens (tertiary/aromatic N) is 5. The fourth-order valence-electron chi connectivity index (χ4n) is 9.22. The van der Waals surface area contributed by atoms with Crippen LogP contribution in [0, 0.1) is 22.6 Å². The smallest absolute Gasteiger partial charge is 0.417 e. The average Bonchev–Trinajstić information content (AvgIpc) is 3.58. The van der Waals surface area contributed by atoms with E-state index in [1.54, 1.807) is 30.9 Å². The Bertz CT molecular complexity index is 2510. The molecule has 0 saturated carbocycles. The molecule has 4 fully saturated rings. The molecule has 318 valence electrons. The highest BCUT2D eigenvalue weighted by atomic mass is 32.2. The molecule has 3 aromatic carbocycles. The summed E-state index contributed by atoms with van der Waals surface area (Å²) in [6.07, 6.45) is -2.53. The highest BCUT2D eigenvalue weighted by Crippen LogP contribution is 2.49. The maximum atomic E-state index is 15.7. The molecule has 9 rings (SSSR count). The molecule has 1 spiro atoms. The van der Waals surface area contributed by atoms with Crippen LogP contribution in [0.1, 0.15) is 87.3 Å². The molecule has 0 aromatic heterocycles. The maximum absolute atomic E-state index is 15.7. The molecule has 2 unspecified atom stereocenters. The van der Waals surface area contributed by atoms with Crippen LogP contribution < -0.4 is 19.9 Å². The number of alkyl halides is 3. The van der Waals surface area contributed by atoms with Crippen molar-refractivity contribution in [1.29, 1.82) is 5.26 Å². The van der Waals surface area contributed by atoms with Gasteiger partial charge in [0.15, 0.2) is 0 Å². The summed E-state index contributed by atoms with van der Waals surface area (Å²) in [4.78, 5) is 85.7. The summed E-state index contributed by atoms with van der Waals surface area (Å²) in [5.41, 5.74) is -1.98. The van der Waals surface area contributed by atoms with Crippen LogP contribution in [0.3, 0.4) is 0 Å². The molecule has 6 aliphatic rings. The molecule has 6 heterocycles. The van der Waals surface area contributed by atoms with Crippen molar-refractivity contribution in [3.8, 4) is 11.8 Å². The van der Waals surface area contributed by atoms with Crippen LogP contribution in [-0.4, -0.2) is 99.8 Å². The van der Waals surface area contributed by atoms with Crippen molar-refractivity contribution in [3.63, 3.8) is 0 Å². The van der Waals surface area contributed by atoms with E-state index in [9.17, 15) is 47.2 Å². The van der Waals surface area contributed by atoms with Crippen molar-refractivity contribution in [2.75, 3.05) is 37.8 Å². The minimum Gasteiger partial charge on any atom is -0.493 e. The molecule has 2 N–H and O–H groups in total. The zero-order chi connectivity index (χ0) is 43.3. The standard InChI is InChI=1S/C42H39F4N7O7S/c1-40(2)39(59)61(26-5-3-22(18-47)30(15-26)42(44,45)46)49-53(40)24-4-6-27(31(43)14-24)36(56)51-19-25(20-51)50-11-9-41(10-12-50)17-23-13-28-29(16-33(23)60-21-41)38(58)52(37(28)57)32-7-8-34(54)48-35(32)55/h3-6,13-16,25,32,49,61H,7-12,17,19-21H2,1-2H3,(H,48,54,55). The van der Waals surface area contributed by atoms with E-state index in [0.717, 1.165) is 54.6 Å². The molecule has 4 saturated heterocycles. The lowest BCUT2D eigenvalue weighted by Gasteiger charge is -2.51. The molecule has 3 aromatic rings. The first-order chi connectivity index (χ1) is 28.9. The zero-order valence-corrected chi connectivity index (χ0v) is 33.8. The molecule has 14 nitrogen and oxygen atoms in total. The Hall–Kier alpha value is -5.84. The van der Waals surface area contributed by atoms with Crippen molar-refractivity contribution >= 4 is 51.4 Å². The summed E-state index contributed by atoms with van der Waals surface area (Å²) in [6, 6.07) is 10.9. The molecule has 0 bridgehead atoms. The van der Waals surface area contributed by atoms with Gasteiger partial charge in [-0.15, -0.1) is 0 Å². The number of halogens is 4. The van der Waals surface area contributed by atoms with Crippen LogP contribution in [0.15, 0.2) is 53.4 Å². The number of likely N-dealkylation sites (tertiary alicyclic amines) is 2. The third kappa shape index (κ3) is 6.71. The van der Waals surface area contributed by atoms with Gasteiger partial charge < -0.3 is 9.64 Å². The number of ether oxygens (including phenoxy) is 1. The number of carbonyl (C=O) groups excluding carboxylic acids is 6. The summed E-state index contributed by atoms with van der Waals surface area (Å²) in [5.74, 6) is -3.06. The number of hydrazine groups is 1. The Balaban J connectivity index is 0.810. The minimum absolute atomic E-state index is 0.0294. The molecule has 61 heavy (non-hydrogen) atoms. The highest BCUT2D eigenvalue weighted by molar-refractivity contribution is 8.28. The van der Waals surface area contributed by atoms with E-state index >= 15 is 4.39 Å². The van der Waals surface area contributed by atoms with Gasteiger partial charge in [-0.1, -0.05) is 11.1 Å². The van der Waals surface area contributed by atoms with Crippen LogP contribution in [-0.2, 0) is 27.0 Å². The second-order valence-corrected chi connectivity index (χ2v) is 18.8. The predicted molar refractivity (Wildman–Crippen MR) is 210 cm³/mol. The Morgan fingerprint density at radius 3 is 2.33 bits per heavy atom. The lowest BCUT2D eigenvalue weighted by molar-refractivity contribution is -0.138. The van der Waals surface area contributed by atoms with Crippen molar-refractivity contribution in [2.45, 2.75) is 74.6 Å². The van der Waals surface area contributed by atoms with E-state index in [4.69, 9.17) is 4.74 Å². The van der Waals surface area contributed by atoms with E-state index in [-0.39, 0.29) is 51.6 Å². The Kier molecular flexibility index (Phi) is 9.56. The number of thiol groups is 1. The number of amides is 5. The lowest BCUT2D eigenvalue weighted by atomic mass is 9.72. The number of rotatable bonds is 5. The van der Waals surface area contributed by atoms with Gasteiger partial charge in [0.1, 0.15) is 23.1 Å². The number of nitrogens with one attached hydrogen (secondary N) is 2. The third-order valence-corrected chi connectivity index (χ3v) is 15.0. The van der Waals surface area contributed by atoms with Crippen molar-refractivity contribution in [2.24, 2.45) is 5.41 Å². The van der Waals surface area contributed by atoms with Crippen molar-refractivity contribution in [3.05, 3.63) is 87.7 Å². The summed E-state index contributed by atoms with van der Waals surface area (Å²) in [5, 5.41) is 12.4. The Morgan fingerprint density at radius 1 is 0.967 bits per heavy atom. The first kappa shape index (κ1) is 40.6. The SMILES string of the molecule is CC1(C)C(=O)[SH](c2ccc(C#N)c(C(F)(F)F)c2)NN1c1ccc(C(=O)N2CC(N3CCC4(CC3)COc3cc5c(cc3C4)C(=O)N(C3CCC(=O)NC3=O)C5=O)C2)c(F)c1. The molecular formula is C42H39F4N7O7S. The third-order valence-electron chi connectivity index (χ3n) is 12.9. The van der Waals surface area contributed by atoms with Crippen molar-refractivity contribution in [1.82, 2.24) is 24.8 Å². The monoisotopic (exact) mass is 861 g/mol. The Labute approximate surface area is 349 Å². The number of nitriles is 1. The topological polar surface area (TPSA) is 172 Å². The largest absolute Gasteiger partial charge is 0.493 e. The summed E-state index contributed by atoms with van der Waals surface area (Å²) >= 11 is -2.03. The second kappa shape index (κ2) is 14.4. The first-order valence-corrected chi connectivity index (χ1v) is 21.1. The number of benzene rings is 3. The quantitative estimate of drug-likeness (QED) is 0.190. The molecule has 0 radical (unpaired) electrons.